The van der Waals surface area contributed by atoms with Gasteiger partial charge in [0.05, 0.1) is 11.4 Å². The maximum Gasteiger partial charge on any atom is 0.260 e. The highest BCUT2D eigenvalue weighted by Gasteiger charge is 2.23. The monoisotopic (exact) mass is 470 g/mol. The SMILES string of the molecule is CCc1cc(OCC(=O)N2CCN(c3ccccn3)CC2)nc2c1c(C)nn2-c1ccc(C)cc1. The predicted molar refractivity (Wildman–Crippen MR) is 136 cm³/mol. The molecule has 1 aliphatic heterocycles. The molecule has 0 bridgehead atoms. The van der Waals surface area contributed by atoms with Crippen LogP contribution in [0.1, 0.15) is 23.7 Å². The van der Waals surface area contributed by atoms with Gasteiger partial charge in [-0.1, -0.05) is 30.7 Å². The summed E-state index contributed by atoms with van der Waals surface area (Å²) in [6.45, 7) is 8.92. The molecule has 35 heavy (non-hydrogen) atoms. The lowest BCUT2D eigenvalue weighted by molar-refractivity contribution is -0.133. The minimum atomic E-state index is -0.0388. The Morgan fingerprint density at radius 2 is 1.80 bits per heavy atom. The van der Waals surface area contributed by atoms with E-state index in [1.807, 2.05) is 52.9 Å². The molecule has 4 aromatic rings. The Hall–Kier alpha value is -3.94. The quantitative estimate of drug-likeness (QED) is 0.428. The largest absolute Gasteiger partial charge is 0.467 e. The van der Waals surface area contributed by atoms with Crippen LogP contribution in [0.2, 0.25) is 0 Å². The Bertz CT molecular complexity index is 1330. The number of carbonyl (C=O) groups excluding carboxylic acids is 1. The third-order valence-electron chi connectivity index (χ3n) is 6.48. The summed E-state index contributed by atoms with van der Waals surface area (Å²) in [5.41, 5.74) is 4.92. The summed E-state index contributed by atoms with van der Waals surface area (Å²) in [5, 5.41) is 5.79. The van der Waals surface area contributed by atoms with Gasteiger partial charge in [-0.25, -0.2) is 9.67 Å². The van der Waals surface area contributed by atoms with Crippen molar-refractivity contribution >= 4 is 22.8 Å². The molecular formula is C27H30N6O2. The van der Waals surface area contributed by atoms with Crippen molar-refractivity contribution in [2.45, 2.75) is 27.2 Å². The molecule has 1 fully saturated rings. The molecule has 1 amide bonds. The number of piperazine rings is 1. The Morgan fingerprint density at radius 1 is 1.03 bits per heavy atom. The molecule has 0 radical (unpaired) electrons. The van der Waals surface area contributed by atoms with Crippen LogP contribution in [0.4, 0.5) is 5.82 Å². The Labute approximate surface area is 205 Å². The van der Waals surface area contributed by atoms with Crippen LogP contribution in [0.3, 0.4) is 0 Å². The molecule has 5 rings (SSSR count). The standard InChI is InChI=1S/C27H30N6O2/c1-4-21-17-24(29-27-26(21)20(3)30-33(27)22-10-8-19(2)9-11-22)35-18-25(34)32-15-13-31(14-16-32)23-7-5-6-12-28-23/h5-12,17H,4,13-16,18H2,1-3H3. The number of pyridine rings is 2. The number of hydrogen-bond acceptors (Lipinski definition) is 6. The molecule has 8 nitrogen and oxygen atoms in total. The van der Waals surface area contributed by atoms with Crippen LogP contribution in [0.5, 0.6) is 5.88 Å². The fraction of sp³-hybridized carbons (Fsp3) is 0.333. The summed E-state index contributed by atoms with van der Waals surface area (Å²) < 4.78 is 7.79. The number of carbonyl (C=O) groups is 1. The Morgan fingerprint density at radius 3 is 2.49 bits per heavy atom. The fourth-order valence-electron chi connectivity index (χ4n) is 4.52. The molecule has 8 heteroatoms. The first-order chi connectivity index (χ1) is 17.0. The van der Waals surface area contributed by atoms with E-state index in [9.17, 15) is 4.79 Å². The van der Waals surface area contributed by atoms with Gasteiger partial charge in [0.2, 0.25) is 5.88 Å². The minimum absolute atomic E-state index is 0.0335. The van der Waals surface area contributed by atoms with Crippen LogP contribution >= 0.6 is 0 Å². The zero-order valence-corrected chi connectivity index (χ0v) is 20.4. The van der Waals surface area contributed by atoms with Gasteiger partial charge in [-0.2, -0.15) is 10.1 Å². The van der Waals surface area contributed by atoms with Gasteiger partial charge in [-0.05, 0) is 50.1 Å². The van der Waals surface area contributed by atoms with E-state index < -0.39 is 0 Å². The highest BCUT2D eigenvalue weighted by molar-refractivity contribution is 5.84. The van der Waals surface area contributed by atoms with Crippen LogP contribution < -0.4 is 9.64 Å². The molecule has 0 spiro atoms. The second kappa shape index (κ2) is 9.74. The normalized spacial score (nSPS) is 13.9. The number of amides is 1. The zero-order valence-electron chi connectivity index (χ0n) is 20.4. The van der Waals surface area contributed by atoms with Gasteiger partial charge in [0.15, 0.2) is 12.3 Å². The van der Waals surface area contributed by atoms with Crippen LogP contribution in [0.15, 0.2) is 54.7 Å². The van der Waals surface area contributed by atoms with E-state index in [-0.39, 0.29) is 12.5 Å². The van der Waals surface area contributed by atoms with E-state index in [1.165, 1.54) is 5.56 Å². The molecule has 0 aliphatic carbocycles. The molecule has 3 aromatic heterocycles. The van der Waals surface area contributed by atoms with E-state index in [4.69, 9.17) is 14.8 Å². The zero-order chi connectivity index (χ0) is 24.4. The topological polar surface area (TPSA) is 76.4 Å². The molecule has 0 saturated carbocycles. The number of anilines is 1. The number of nitrogens with zero attached hydrogens (tertiary/aromatic N) is 6. The van der Waals surface area contributed by atoms with Crippen LogP contribution in [0, 0.1) is 13.8 Å². The Kier molecular flexibility index (Phi) is 6.35. The molecule has 0 unspecified atom stereocenters. The van der Waals surface area contributed by atoms with Gasteiger partial charge in [-0.15, -0.1) is 0 Å². The van der Waals surface area contributed by atoms with Crippen LogP contribution in [0.25, 0.3) is 16.7 Å². The van der Waals surface area contributed by atoms with E-state index in [0.29, 0.717) is 19.0 Å². The maximum absolute atomic E-state index is 12.9. The predicted octanol–water partition coefficient (Wildman–Crippen LogP) is 3.72. The molecule has 4 heterocycles. The van der Waals surface area contributed by atoms with Crippen molar-refractivity contribution in [3.05, 3.63) is 71.5 Å². The molecule has 180 valence electrons. The molecule has 0 atom stereocenters. The number of aromatic nitrogens is 4. The number of rotatable bonds is 6. The molecule has 1 saturated heterocycles. The molecule has 1 aliphatic rings. The molecular weight excluding hydrogens is 440 g/mol. The van der Waals surface area contributed by atoms with Crippen molar-refractivity contribution in [1.82, 2.24) is 24.6 Å². The first-order valence-electron chi connectivity index (χ1n) is 12.1. The van der Waals surface area contributed by atoms with E-state index in [2.05, 4.69) is 35.9 Å². The summed E-state index contributed by atoms with van der Waals surface area (Å²) in [7, 11) is 0. The third-order valence-corrected chi connectivity index (χ3v) is 6.48. The van der Waals surface area contributed by atoms with E-state index >= 15 is 0 Å². The van der Waals surface area contributed by atoms with Gasteiger partial charge in [0.25, 0.3) is 5.91 Å². The number of fused-ring (bicyclic) bond motifs is 1. The van der Waals surface area contributed by atoms with Crippen molar-refractivity contribution in [3.8, 4) is 11.6 Å². The lowest BCUT2D eigenvalue weighted by Gasteiger charge is -2.35. The lowest BCUT2D eigenvalue weighted by atomic mass is 10.1. The highest BCUT2D eigenvalue weighted by Crippen LogP contribution is 2.28. The smallest absolute Gasteiger partial charge is 0.260 e. The van der Waals surface area contributed by atoms with E-state index in [1.54, 1.807) is 6.20 Å². The van der Waals surface area contributed by atoms with Crippen molar-refractivity contribution in [2.24, 2.45) is 0 Å². The second-order valence-electron chi connectivity index (χ2n) is 8.85. The third kappa shape index (κ3) is 4.69. The summed E-state index contributed by atoms with van der Waals surface area (Å²) in [4.78, 5) is 26.1. The van der Waals surface area contributed by atoms with Crippen molar-refractivity contribution in [2.75, 3.05) is 37.7 Å². The Balaban J connectivity index is 1.31. The van der Waals surface area contributed by atoms with Gasteiger partial charge < -0.3 is 14.5 Å². The van der Waals surface area contributed by atoms with Crippen LogP contribution in [-0.2, 0) is 11.2 Å². The average Bonchev–Trinajstić information content (AvgIpc) is 3.24. The summed E-state index contributed by atoms with van der Waals surface area (Å²) >= 11 is 0. The average molecular weight is 471 g/mol. The summed E-state index contributed by atoms with van der Waals surface area (Å²) in [5.74, 6) is 1.36. The van der Waals surface area contributed by atoms with Gasteiger partial charge >= 0.3 is 0 Å². The van der Waals surface area contributed by atoms with Crippen LogP contribution in [-0.4, -0.2) is 63.3 Å². The number of hydrogen-bond donors (Lipinski definition) is 0. The number of ether oxygens (including phenoxy) is 1. The first-order valence-corrected chi connectivity index (χ1v) is 12.1. The van der Waals surface area contributed by atoms with Gasteiger partial charge in [-0.3, -0.25) is 4.79 Å². The second-order valence-corrected chi connectivity index (χ2v) is 8.85. The molecule has 1 aromatic carbocycles. The van der Waals surface area contributed by atoms with Crippen molar-refractivity contribution in [1.29, 1.82) is 0 Å². The maximum atomic E-state index is 12.9. The fourth-order valence-corrected chi connectivity index (χ4v) is 4.52. The van der Waals surface area contributed by atoms with Gasteiger partial charge in [0.1, 0.15) is 5.82 Å². The highest BCUT2D eigenvalue weighted by atomic mass is 16.5. The summed E-state index contributed by atoms with van der Waals surface area (Å²) in [6, 6.07) is 16.0. The van der Waals surface area contributed by atoms with Crippen molar-refractivity contribution in [3.63, 3.8) is 0 Å². The lowest BCUT2D eigenvalue weighted by Crippen LogP contribution is -2.50. The molecule has 0 N–H and O–H groups in total. The first kappa shape index (κ1) is 22.8. The number of benzene rings is 1. The minimum Gasteiger partial charge on any atom is -0.467 e. The van der Waals surface area contributed by atoms with Crippen molar-refractivity contribution < 1.29 is 9.53 Å². The van der Waals surface area contributed by atoms with Gasteiger partial charge in [0, 0.05) is 43.8 Å². The van der Waals surface area contributed by atoms with E-state index in [0.717, 1.165) is 53.3 Å². The number of aryl methyl sites for hydroxylation is 3. The summed E-state index contributed by atoms with van der Waals surface area (Å²) in [6.07, 6.45) is 2.61.